The van der Waals surface area contributed by atoms with Gasteiger partial charge in [0.2, 0.25) is 0 Å². The molecule has 1 unspecified atom stereocenters. The van der Waals surface area contributed by atoms with Gasteiger partial charge < -0.3 is 9.84 Å². The average Bonchev–Trinajstić information content (AvgIpc) is 2.80. The Bertz CT molecular complexity index is 661. The van der Waals surface area contributed by atoms with Gasteiger partial charge in [0, 0.05) is 12.0 Å². The molecule has 21 heavy (non-hydrogen) atoms. The molecule has 1 aromatic carbocycles. The third kappa shape index (κ3) is 2.44. The van der Waals surface area contributed by atoms with E-state index in [2.05, 4.69) is 17.2 Å². The number of hydrogen-bond acceptors (Lipinski definition) is 3. The van der Waals surface area contributed by atoms with Gasteiger partial charge in [-0.2, -0.15) is 0 Å². The monoisotopic (exact) mass is 287 g/mol. The molecule has 1 N–H and O–H groups in total. The minimum absolute atomic E-state index is 0.161. The van der Waals surface area contributed by atoms with Crippen molar-refractivity contribution in [1.29, 1.82) is 0 Å². The van der Waals surface area contributed by atoms with Crippen molar-refractivity contribution < 1.29 is 19.3 Å². The minimum atomic E-state index is -0.759. The van der Waals surface area contributed by atoms with Crippen LogP contribution in [0.5, 0.6) is 5.75 Å². The van der Waals surface area contributed by atoms with Crippen molar-refractivity contribution in [3.05, 3.63) is 29.3 Å². The summed E-state index contributed by atoms with van der Waals surface area (Å²) in [5.74, 6) is 0.370. The number of methoxy groups -OCH3 is 1. The molecule has 1 aromatic rings. The predicted molar refractivity (Wildman–Crippen MR) is 79.4 cm³/mol. The highest BCUT2D eigenvalue weighted by atomic mass is 16.5. The maximum atomic E-state index is 10.8. The summed E-state index contributed by atoms with van der Waals surface area (Å²) in [5, 5.41) is 13.5. The molecule has 110 valence electrons. The fourth-order valence-electron chi connectivity index (χ4n) is 3.25. The zero-order valence-corrected chi connectivity index (χ0v) is 12.3. The summed E-state index contributed by atoms with van der Waals surface area (Å²) >= 11 is 0. The first-order chi connectivity index (χ1) is 10.1. The largest absolute Gasteiger partial charge is 0.497 e. The lowest BCUT2D eigenvalue weighted by atomic mass is 9.79. The molecule has 0 spiro atoms. The van der Waals surface area contributed by atoms with Gasteiger partial charge in [0.25, 0.3) is 0 Å². The molecule has 0 radical (unpaired) electrons. The van der Waals surface area contributed by atoms with Crippen LogP contribution in [0.25, 0.3) is 0 Å². The molecule has 0 saturated heterocycles. The lowest BCUT2D eigenvalue weighted by Crippen LogP contribution is -2.28. The van der Waals surface area contributed by atoms with Gasteiger partial charge in [-0.1, -0.05) is 4.68 Å². The second-order valence-electron chi connectivity index (χ2n) is 5.51. The highest BCUT2D eigenvalue weighted by molar-refractivity contribution is 6.16. The quantitative estimate of drug-likeness (QED) is 0.861. The molecule has 1 aliphatic heterocycles. The van der Waals surface area contributed by atoms with E-state index in [-0.39, 0.29) is 12.3 Å². The zero-order valence-electron chi connectivity index (χ0n) is 12.3. The minimum Gasteiger partial charge on any atom is -0.497 e. The first-order valence-corrected chi connectivity index (χ1v) is 7.17. The van der Waals surface area contributed by atoms with Crippen molar-refractivity contribution in [3.63, 3.8) is 0 Å². The Morgan fingerprint density at radius 2 is 2.33 bits per heavy atom. The second-order valence-corrected chi connectivity index (χ2v) is 5.51. The van der Waals surface area contributed by atoms with Gasteiger partial charge >= 0.3 is 5.97 Å². The summed E-state index contributed by atoms with van der Waals surface area (Å²) in [4.78, 5) is 10.8. The smallest absolute Gasteiger partial charge is 0.303 e. The number of aliphatic carboxylic acids is 1. The van der Waals surface area contributed by atoms with Crippen molar-refractivity contribution in [1.82, 2.24) is 0 Å². The maximum Gasteiger partial charge on any atom is 0.303 e. The van der Waals surface area contributed by atoms with Crippen LogP contribution in [0, 0.1) is 5.92 Å². The number of nitrogens with zero attached hydrogens (tertiary/aromatic N) is 2. The Kier molecular flexibility index (Phi) is 3.49. The molecule has 0 aromatic heterocycles. The lowest BCUT2D eigenvalue weighted by molar-refractivity contribution is -0.501. The third-order valence-corrected chi connectivity index (χ3v) is 4.29. The summed E-state index contributed by atoms with van der Waals surface area (Å²) in [5.41, 5.74) is 4.62. The molecular formula is C16H19N2O3+. The predicted octanol–water partition coefficient (Wildman–Crippen LogP) is 1.92. The Balaban J connectivity index is 1.89. The van der Waals surface area contributed by atoms with E-state index in [1.165, 1.54) is 11.1 Å². The van der Waals surface area contributed by atoms with Crippen LogP contribution >= 0.6 is 0 Å². The molecular weight excluding hydrogens is 268 g/mol. The molecule has 5 heteroatoms. The SMILES string of the molecule is COc1ccc2c(c1)CCC1C2=N[N+](C)=C1CCC(=O)O. The van der Waals surface area contributed by atoms with Crippen LogP contribution in [0.4, 0.5) is 0 Å². The molecule has 1 aliphatic carbocycles. The lowest BCUT2D eigenvalue weighted by Gasteiger charge is -2.21. The zero-order chi connectivity index (χ0) is 15.0. The Morgan fingerprint density at radius 3 is 3.05 bits per heavy atom. The second kappa shape index (κ2) is 5.31. The van der Waals surface area contributed by atoms with Crippen LogP contribution in [-0.2, 0) is 11.2 Å². The van der Waals surface area contributed by atoms with Crippen LogP contribution in [0.2, 0.25) is 0 Å². The Morgan fingerprint density at radius 1 is 1.52 bits per heavy atom. The molecule has 0 fully saturated rings. The number of hydrazone groups is 1. The Hall–Kier alpha value is -2.17. The van der Waals surface area contributed by atoms with E-state index in [1.54, 1.807) is 7.11 Å². The summed E-state index contributed by atoms with van der Waals surface area (Å²) < 4.78 is 7.14. The first kappa shape index (κ1) is 13.8. The average molecular weight is 287 g/mol. The highest BCUT2D eigenvalue weighted by Crippen LogP contribution is 2.33. The van der Waals surface area contributed by atoms with E-state index in [0.29, 0.717) is 6.42 Å². The molecule has 2 aliphatic rings. The van der Waals surface area contributed by atoms with Crippen molar-refractivity contribution in [2.45, 2.75) is 25.7 Å². The van der Waals surface area contributed by atoms with Gasteiger partial charge in [-0.3, -0.25) is 4.79 Å². The van der Waals surface area contributed by atoms with Crippen LogP contribution in [0.3, 0.4) is 0 Å². The number of aryl methyl sites for hydroxylation is 1. The van der Waals surface area contributed by atoms with Crippen molar-refractivity contribution in [2.75, 3.05) is 14.2 Å². The summed E-state index contributed by atoms with van der Waals surface area (Å²) in [7, 11) is 3.58. The van der Waals surface area contributed by atoms with E-state index in [1.807, 2.05) is 17.8 Å². The van der Waals surface area contributed by atoms with Gasteiger partial charge in [0.15, 0.2) is 12.8 Å². The van der Waals surface area contributed by atoms with E-state index >= 15 is 0 Å². The number of ether oxygens (including phenoxy) is 1. The molecule has 0 amide bonds. The summed E-state index contributed by atoms with van der Waals surface area (Å²) in [6.45, 7) is 0. The third-order valence-electron chi connectivity index (χ3n) is 4.29. The van der Waals surface area contributed by atoms with Crippen LogP contribution in [0.1, 0.15) is 30.4 Å². The van der Waals surface area contributed by atoms with Crippen LogP contribution in [-0.4, -0.2) is 41.3 Å². The number of benzene rings is 1. The molecule has 1 atom stereocenters. The molecule has 0 saturated carbocycles. The fourth-order valence-corrected chi connectivity index (χ4v) is 3.25. The molecule has 3 rings (SSSR count). The normalized spacial score (nSPS) is 19.9. The summed E-state index contributed by atoms with van der Waals surface area (Å²) in [6, 6.07) is 6.09. The van der Waals surface area contributed by atoms with Gasteiger partial charge in [-0.05, 0) is 41.7 Å². The van der Waals surface area contributed by atoms with Gasteiger partial charge in [-0.15, -0.1) is 0 Å². The first-order valence-electron chi connectivity index (χ1n) is 7.17. The van der Waals surface area contributed by atoms with E-state index in [9.17, 15) is 4.79 Å². The highest BCUT2D eigenvalue weighted by Gasteiger charge is 2.40. The molecule has 5 nitrogen and oxygen atoms in total. The van der Waals surface area contributed by atoms with Crippen LogP contribution < -0.4 is 4.74 Å². The fraction of sp³-hybridized carbons (Fsp3) is 0.438. The van der Waals surface area contributed by atoms with Crippen LogP contribution in [0.15, 0.2) is 23.3 Å². The van der Waals surface area contributed by atoms with E-state index in [4.69, 9.17) is 9.84 Å². The van der Waals surface area contributed by atoms with Gasteiger partial charge in [-0.25, -0.2) is 0 Å². The number of carboxylic acids is 1. The van der Waals surface area contributed by atoms with Crippen molar-refractivity contribution in [3.8, 4) is 5.75 Å². The number of carbonyl (C=O) groups is 1. The van der Waals surface area contributed by atoms with Gasteiger partial charge in [0.05, 0.1) is 19.4 Å². The standard InChI is InChI=1S/C16H18N2O3/c1-18-14(7-8-15(19)20)13-5-3-10-9-11(21-2)4-6-12(10)16(13)17-18/h4,6,9,13H,3,5,7-8H2,1-2H3/p+1. The molecule has 0 bridgehead atoms. The topological polar surface area (TPSA) is 61.9 Å². The number of fused-ring (bicyclic) bond motifs is 3. The van der Waals surface area contributed by atoms with Crippen molar-refractivity contribution in [2.24, 2.45) is 11.0 Å². The maximum absolute atomic E-state index is 10.8. The molecule has 1 heterocycles. The number of hydrogen-bond donors (Lipinski definition) is 1. The number of rotatable bonds is 4. The van der Waals surface area contributed by atoms with Crippen molar-refractivity contribution >= 4 is 17.4 Å². The van der Waals surface area contributed by atoms with Gasteiger partial charge in [0.1, 0.15) is 11.5 Å². The van der Waals surface area contributed by atoms with E-state index < -0.39 is 5.97 Å². The van der Waals surface area contributed by atoms with E-state index in [0.717, 1.165) is 30.0 Å². The Labute approximate surface area is 123 Å². The number of carboxylic acid groups (broad SMARTS) is 1. The summed E-state index contributed by atoms with van der Waals surface area (Å²) in [6.07, 6.45) is 2.68.